The average Bonchev–Trinajstić information content (AvgIpc) is 3.20. The van der Waals surface area contributed by atoms with Crippen LogP contribution in [0.1, 0.15) is 18.1 Å². The van der Waals surface area contributed by atoms with Crippen LogP contribution in [0.5, 0.6) is 0 Å². The number of hydrogen-bond donors (Lipinski definition) is 0. The standard InChI is InChI=1S/C27H19Cl2F3N4O2/c1-2-35-25(37)23(18-7-13-21(29)14-8-18)22(17-5-11-20(28)12-6-17)24-33-34(26(38)36(24)35)15-16-3-9-19(10-4-16)27(30,31)32/h3-14H,2,15H2,1H3. The predicted octanol–water partition coefficient (Wildman–Crippen LogP) is 6.39. The molecule has 0 radical (unpaired) electrons. The second kappa shape index (κ2) is 9.81. The molecule has 0 N–H and O–H groups in total. The Balaban J connectivity index is 1.78. The molecule has 2 heterocycles. The minimum atomic E-state index is -4.47. The van der Waals surface area contributed by atoms with Crippen molar-refractivity contribution < 1.29 is 13.2 Å². The highest BCUT2D eigenvalue weighted by Crippen LogP contribution is 2.34. The fraction of sp³-hybridized carbons (Fsp3) is 0.148. The lowest BCUT2D eigenvalue weighted by molar-refractivity contribution is -0.137. The first-order valence-corrected chi connectivity index (χ1v) is 12.3. The zero-order chi connectivity index (χ0) is 27.2. The maximum absolute atomic E-state index is 13.8. The fourth-order valence-electron chi connectivity index (χ4n) is 4.35. The van der Waals surface area contributed by atoms with Crippen molar-refractivity contribution in [3.63, 3.8) is 0 Å². The van der Waals surface area contributed by atoms with Gasteiger partial charge in [-0.1, -0.05) is 59.6 Å². The van der Waals surface area contributed by atoms with E-state index in [1.807, 2.05) is 0 Å². The number of aryl methyl sites for hydroxylation is 1. The largest absolute Gasteiger partial charge is 0.416 e. The van der Waals surface area contributed by atoms with Crippen LogP contribution in [0.15, 0.2) is 82.4 Å². The van der Waals surface area contributed by atoms with Crippen molar-refractivity contribution in [1.29, 1.82) is 0 Å². The molecule has 0 aliphatic heterocycles. The van der Waals surface area contributed by atoms with E-state index in [0.717, 1.165) is 16.8 Å². The van der Waals surface area contributed by atoms with Gasteiger partial charge in [0.25, 0.3) is 5.56 Å². The highest BCUT2D eigenvalue weighted by molar-refractivity contribution is 6.31. The smallest absolute Gasteiger partial charge is 0.267 e. The van der Waals surface area contributed by atoms with Crippen LogP contribution < -0.4 is 11.2 Å². The molecule has 3 aromatic carbocycles. The van der Waals surface area contributed by atoms with Crippen molar-refractivity contribution in [2.24, 2.45) is 0 Å². The van der Waals surface area contributed by atoms with Gasteiger partial charge in [-0.15, -0.1) is 5.10 Å². The number of aromatic nitrogens is 4. The molecule has 194 valence electrons. The van der Waals surface area contributed by atoms with Gasteiger partial charge in [0.15, 0.2) is 5.65 Å². The lowest BCUT2D eigenvalue weighted by Crippen LogP contribution is -2.34. The molecule has 6 nitrogen and oxygen atoms in total. The molecular weight excluding hydrogens is 540 g/mol. The van der Waals surface area contributed by atoms with Crippen molar-refractivity contribution in [2.45, 2.75) is 26.2 Å². The Morgan fingerprint density at radius 3 is 1.82 bits per heavy atom. The van der Waals surface area contributed by atoms with Crippen molar-refractivity contribution in [1.82, 2.24) is 19.0 Å². The van der Waals surface area contributed by atoms with E-state index in [1.165, 1.54) is 21.3 Å². The molecule has 0 saturated carbocycles. The zero-order valence-electron chi connectivity index (χ0n) is 19.8. The SMILES string of the molecule is CCn1c(=O)c(-c2ccc(Cl)cc2)c(-c2ccc(Cl)cc2)c2nn(Cc3ccc(C(F)(F)F)cc3)c(=O)n21. The van der Waals surface area contributed by atoms with Gasteiger partial charge in [-0.2, -0.15) is 17.7 Å². The Morgan fingerprint density at radius 2 is 1.32 bits per heavy atom. The Labute approximate surface area is 224 Å². The van der Waals surface area contributed by atoms with E-state index in [4.69, 9.17) is 23.2 Å². The molecule has 0 atom stereocenters. The van der Waals surface area contributed by atoms with Crippen LogP contribution >= 0.6 is 23.2 Å². The number of rotatable bonds is 5. The summed E-state index contributed by atoms with van der Waals surface area (Å²) < 4.78 is 42.6. The van der Waals surface area contributed by atoms with Gasteiger partial charge in [0, 0.05) is 22.2 Å². The summed E-state index contributed by atoms with van der Waals surface area (Å²) in [5.41, 5.74) is 0.791. The summed E-state index contributed by atoms with van der Waals surface area (Å²) in [5.74, 6) is 0. The van der Waals surface area contributed by atoms with Gasteiger partial charge in [0.05, 0.1) is 17.7 Å². The van der Waals surface area contributed by atoms with E-state index in [1.54, 1.807) is 55.5 Å². The molecule has 5 aromatic rings. The van der Waals surface area contributed by atoms with Crippen molar-refractivity contribution in [2.75, 3.05) is 0 Å². The number of nitrogens with zero attached hydrogens (tertiary/aromatic N) is 4. The van der Waals surface area contributed by atoms with E-state index in [9.17, 15) is 22.8 Å². The number of fused-ring (bicyclic) bond motifs is 1. The van der Waals surface area contributed by atoms with Crippen LogP contribution in [-0.4, -0.2) is 19.0 Å². The minimum Gasteiger partial charge on any atom is -0.267 e. The summed E-state index contributed by atoms with van der Waals surface area (Å²) in [6.07, 6.45) is -4.47. The van der Waals surface area contributed by atoms with Gasteiger partial charge in [0.2, 0.25) is 0 Å². The normalized spacial score (nSPS) is 11.8. The molecule has 0 saturated heterocycles. The van der Waals surface area contributed by atoms with E-state index in [2.05, 4.69) is 5.10 Å². The van der Waals surface area contributed by atoms with Crippen LogP contribution in [0.25, 0.3) is 27.9 Å². The highest BCUT2D eigenvalue weighted by atomic mass is 35.5. The average molecular weight is 559 g/mol. The monoisotopic (exact) mass is 558 g/mol. The number of alkyl halides is 3. The third kappa shape index (κ3) is 4.63. The molecule has 0 unspecified atom stereocenters. The van der Waals surface area contributed by atoms with E-state index >= 15 is 0 Å². The van der Waals surface area contributed by atoms with Gasteiger partial charge in [-0.05, 0) is 60.0 Å². The fourth-order valence-corrected chi connectivity index (χ4v) is 4.60. The minimum absolute atomic E-state index is 0.0904. The number of halogens is 5. The first-order valence-electron chi connectivity index (χ1n) is 11.5. The molecule has 5 rings (SSSR count). The van der Waals surface area contributed by atoms with Gasteiger partial charge in [-0.25, -0.2) is 14.2 Å². The molecule has 0 aliphatic carbocycles. The number of hydrogen-bond acceptors (Lipinski definition) is 3. The first-order chi connectivity index (χ1) is 18.1. The molecule has 0 fully saturated rings. The van der Waals surface area contributed by atoms with Gasteiger partial charge < -0.3 is 0 Å². The molecule has 38 heavy (non-hydrogen) atoms. The Morgan fingerprint density at radius 1 is 0.789 bits per heavy atom. The maximum Gasteiger partial charge on any atom is 0.416 e. The van der Waals surface area contributed by atoms with E-state index in [-0.39, 0.29) is 18.7 Å². The van der Waals surface area contributed by atoms with E-state index in [0.29, 0.717) is 37.9 Å². The summed E-state index contributed by atoms with van der Waals surface area (Å²) in [4.78, 5) is 27.3. The van der Waals surface area contributed by atoms with Crippen LogP contribution in [0, 0.1) is 0 Å². The van der Waals surface area contributed by atoms with E-state index < -0.39 is 23.0 Å². The lowest BCUT2D eigenvalue weighted by Gasteiger charge is -2.15. The van der Waals surface area contributed by atoms with Gasteiger partial charge in [-0.3, -0.25) is 4.79 Å². The molecule has 11 heteroatoms. The van der Waals surface area contributed by atoms with Crippen LogP contribution in [0.2, 0.25) is 10.0 Å². The van der Waals surface area contributed by atoms with Gasteiger partial charge in [0.1, 0.15) is 0 Å². The first kappa shape index (κ1) is 25.8. The maximum atomic E-state index is 13.8. The lowest BCUT2D eigenvalue weighted by atomic mass is 9.96. The summed E-state index contributed by atoms with van der Waals surface area (Å²) in [7, 11) is 0. The number of benzene rings is 3. The third-order valence-electron chi connectivity index (χ3n) is 6.16. The quantitative estimate of drug-likeness (QED) is 0.251. The summed E-state index contributed by atoms with van der Waals surface area (Å²) in [6.45, 7) is 1.81. The summed E-state index contributed by atoms with van der Waals surface area (Å²) in [6, 6.07) is 18.1. The second-order valence-electron chi connectivity index (χ2n) is 8.56. The highest BCUT2D eigenvalue weighted by Gasteiger charge is 2.30. The molecule has 0 amide bonds. The molecular formula is C27H19Cl2F3N4O2. The zero-order valence-corrected chi connectivity index (χ0v) is 21.3. The van der Waals surface area contributed by atoms with Crippen molar-refractivity contribution in [3.05, 3.63) is 115 Å². The van der Waals surface area contributed by atoms with Crippen LogP contribution in [0.3, 0.4) is 0 Å². The summed E-state index contributed by atoms with van der Waals surface area (Å²) >= 11 is 12.2. The Kier molecular flexibility index (Phi) is 6.66. The predicted molar refractivity (Wildman–Crippen MR) is 141 cm³/mol. The molecule has 0 bridgehead atoms. The second-order valence-corrected chi connectivity index (χ2v) is 9.43. The van der Waals surface area contributed by atoms with Crippen molar-refractivity contribution >= 4 is 28.8 Å². The Hall–Kier alpha value is -3.82. The molecule has 2 aromatic heterocycles. The van der Waals surface area contributed by atoms with Crippen molar-refractivity contribution in [3.8, 4) is 22.3 Å². The van der Waals surface area contributed by atoms with Gasteiger partial charge >= 0.3 is 11.9 Å². The van der Waals surface area contributed by atoms with Crippen LogP contribution in [0.4, 0.5) is 13.2 Å². The molecule has 0 aliphatic rings. The third-order valence-corrected chi connectivity index (χ3v) is 6.66. The Bertz CT molecular complexity index is 1750. The summed E-state index contributed by atoms with van der Waals surface area (Å²) in [5, 5.41) is 5.54. The van der Waals surface area contributed by atoms with Crippen LogP contribution in [-0.2, 0) is 19.3 Å². The topological polar surface area (TPSA) is 61.3 Å². The molecule has 0 spiro atoms.